The summed E-state index contributed by atoms with van der Waals surface area (Å²) in [6.07, 6.45) is 3.45. The Morgan fingerprint density at radius 2 is 1.76 bits per heavy atom. The fourth-order valence-corrected chi connectivity index (χ4v) is 3.91. The van der Waals surface area contributed by atoms with Crippen LogP contribution in [0.4, 0.5) is 5.69 Å². The van der Waals surface area contributed by atoms with Crippen molar-refractivity contribution >= 4 is 29.0 Å². The van der Waals surface area contributed by atoms with Gasteiger partial charge in [-0.25, -0.2) is 0 Å². The average molecular weight is 404 g/mol. The first-order valence-corrected chi connectivity index (χ1v) is 10.1. The van der Waals surface area contributed by atoms with Gasteiger partial charge in [0.15, 0.2) is 5.65 Å². The number of carbonyl (C=O) groups excluding carboxylic acids is 1. The van der Waals surface area contributed by atoms with Crippen LogP contribution in [0.2, 0.25) is 0 Å². The molecule has 0 aliphatic carbocycles. The van der Waals surface area contributed by atoms with E-state index < -0.39 is 0 Å². The van der Waals surface area contributed by atoms with Gasteiger partial charge in [0, 0.05) is 23.6 Å². The number of aryl methyl sites for hydroxylation is 3. The first-order valence-electron chi connectivity index (χ1n) is 9.14. The van der Waals surface area contributed by atoms with Crippen LogP contribution in [0.15, 0.2) is 53.9 Å². The lowest BCUT2D eigenvalue weighted by atomic mass is 10.1. The number of nitrogens with zero attached hydrogens (tertiary/aromatic N) is 5. The molecule has 0 aliphatic heterocycles. The van der Waals surface area contributed by atoms with Crippen LogP contribution in [-0.2, 0) is 4.79 Å². The summed E-state index contributed by atoms with van der Waals surface area (Å²) in [4.78, 5) is 16.5. The summed E-state index contributed by atoms with van der Waals surface area (Å²) in [6.45, 7) is 6.05. The Balaban J connectivity index is 1.50. The van der Waals surface area contributed by atoms with Gasteiger partial charge >= 0.3 is 0 Å². The molecule has 0 radical (unpaired) electrons. The third-order valence-electron chi connectivity index (χ3n) is 4.48. The van der Waals surface area contributed by atoms with Gasteiger partial charge in [0.2, 0.25) is 11.1 Å². The number of nitrogens with one attached hydrogen (secondary N) is 1. The van der Waals surface area contributed by atoms with Crippen LogP contribution in [0.25, 0.3) is 16.9 Å². The van der Waals surface area contributed by atoms with Gasteiger partial charge in [-0.05, 0) is 56.2 Å². The fourth-order valence-electron chi connectivity index (χ4n) is 3.22. The summed E-state index contributed by atoms with van der Waals surface area (Å²) < 4.78 is 1.66. The molecule has 0 saturated heterocycles. The first kappa shape index (κ1) is 19.1. The van der Waals surface area contributed by atoms with Crippen molar-refractivity contribution in [2.45, 2.75) is 25.9 Å². The Kier molecular flexibility index (Phi) is 5.26. The summed E-state index contributed by atoms with van der Waals surface area (Å²) in [7, 11) is 0. The molecule has 0 spiro atoms. The van der Waals surface area contributed by atoms with E-state index >= 15 is 0 Å². The Labute approximate surface area is 172 Å². The zero-order valence-corrected chi connectivity index (χ0v) is 17.2. The zero-order chi connectivity index (χ0) is 20.4. The maximum Gasteiger partial charge on any atom is 0.234 e. The van der Waals surface area contributed by atoms with Crippen molar-refractivity contribution in [2.24, 2.45) is 0 Å². The predicted octanol–water partition coefficient (Wildman–Crippen LogP) is 3.84. The molecule has 3 aromatic heterocycles. The highest BCUT2D eigenvalue weighted by Gasteiger charge is 2.13. The van der Waals surface area contributed by atoms with E-state index in [4.69, 9.17) is 0 Å². The van der Waals surface area contributed by atoms with Crippen LogP contribution in [-0.4, -0.2) is 36.5 Å². The molecule has 7 nitrogen and oxygen atoms in total. The normalized spacial score (nSPS) is 11.0. The van der Waals surface area contributed by atoms with Crippen LogP contribution in [0.5, 0.6) is 0 Å². The predicted molar refractivity (Wildman–Crippen MR) is 114 cm³/mol. The van der Waals surface area contributed by atoms with Gasteiger partial charge in [-0.3, -0.25) is 9.78 Å². The van der Waals surface area contributed by atoms with Gasteiger partial charge in [-0.15, -0.1) is 10.2 Å². The minimum atomic E-state index is -0.0907. The van der Waals surface area contributed by atoms with E-state index in [1.54, 1.807) is 16.9 Å². The Morgan fingerprint density at radius 3 is 2.48 bits per heavy atom. The molecule has 3 heterocycles. The molecule has 8 heteroatoms. The number of rotatable bonds is 5. The molecule has 0 atom stereocenters. The van der Waals surface area contributed by atoms with Crippen LogP contribution in [0, 0.1) is 20.8 Å². The van der Waals surface area contributed by atoms with Gasteiger partial charge in [0.1, 0.15) is 0 Å². The summed E-state index contributed by atoms with van der Waals surface area (Å²) in [6, 6.07) is 11.7. The maximum absolute atomic E-state index is 12.5. The molecule has 0 aliphatic rings. The molecule has 1 N–H and O–H groups in total. The van der Waals surface area contributed by atoms with E-state index in [0.717, 1.165) is 28.1 Å². The van der Waals surface area contributed by atoms with E-state index in [1.807, 2.05) is 45.0 Å². The van der Waals surface area contributed by atoms with Crippen molar-refractivity contribution in [1.82, 2.24) is 24.8 Å². The number of pyridine rings is 1. The summed E-state index contributed by atoms with van der Waals surface area (Å²) in [5.74, 6) is 0.126. The minimum absolute atomic E-state index is 0.0907. The SMILES string of the molecule is Cc1cc(C)c(NC(=O)CSc2nnc3ccc(-c4ccncc4)nn23)c(C)c1. The highest BCUT2D eigenvalue weighted by atomic mass is 32.2. The molecule has 1 aromatic carbocycles. The van der Waals surface area contributed by atoms with Crippen molar-refractivity contribution < 1.29 is 4.79 Å². The lowest BCUT2D eigenvalue weighted by molar-refractivity contribution is -0.113. The molecule has 0 bridgehead atoms. The van der Waals surface area contributed by atoms with Gasteiger partial charge < -0.3 is 5.32 Å². The second-order valence-electron chi connectivity index (χ2n) is 6.82. The first-order chi connectivity index (χ1) is 14.0. The second kappa shape index (κ2) is 8.00. The highest BCUT2D eigenvalue weighted by molar-refractivity contribution is 7.99. The fraction of sp³-hybridized carbons (Fsp3) is 0.190. The number of fused-ring (bicyclic) bond motifs is 1. The Hall–Kier alpha value is -3.26. The van der Waals surface area contributed by atoms with Gasteiger partial charge in [0.05, 0.1) is 11.4 Å². The summed E-state index contributed by atoms with van der Waals surface area (Å²) in [5, 5.41) is 16.5. The minimum Gasteiger partial charge on any atom is -0.325 e. The molecule has 1 amide bonds. The number of hydrogen-bond acceptors (Lipinski definition) is 6. The molecule has 4 aromatic rings. The molecule has 0 unspecified atom stereocenters. The lowest BCUT2D eigenvalue weighted by Crippen LogP contribution is -2.16. The second-order valence-corrected chi connectivity index (χ2v) is 7.76. The average Bonchev–Trinajstić information content (AvgIpc) is 3.12. The van der Waals surface area contributed by atoms with Crippen molar-refractivity contribution in [2.75, 3.05) is 11.1 Å². The van der Waals surface area contributed by atoms with Gasteiger partial charge in [-0.1, -0.05) is 29.5 Å². The number of amides is 1. The van der Waals surface area contributed by atoms with Crippen LogP contribution in [0.1, 0.15) is 16.7 Å². The standard InChI is InChI=1S/C21H20N6OS/c1-13-10-14(2)20(15(3)11-13)23-19(28)12-29-21-25-24-18-5-4-17(26-27(18)21)16-6-8-22-9-7-16/h4-11H,12H2,1-3H3,(H,23,28). The van der Waals surface area contributed by atoms with E-state index in [9.17, 15) is 4.79 Å². The lowest BCUT2D eigenvalue weighted by Gasteiger charge is -2.12. The molecular formula is C21H20N6OS. The Morgan fingerprint density at radius 1 is 1.03 bits per heavy atom. The summed E-state index contributed by atoms with van der Waals surface area (Å²) >= 11 is 1.31. The Bertz CT molecular complexity index is 1170. The maximum atomic E-state index is 12.5. The topological polar surface area (TPSA) is 85.1 Å². The number of carbonyl (C=O) groups is 1. The van der Waals surface area contributed by atoms with Crippen molar-refractivity contribution in [3.05, 3.63) is 65.5 Å². The largest absolute Gasteiger partial charge is 0.325 e. The van der Waals surface area contributed by atoms with Crippen LogP contribution >= 0.6 is 11.8 Å². The molecule has 0 saturated carbocycles. The quantitative estimate of drug-likeness (QED) is 0.509. The van der Waals surface area contributed by atoms with Crippen molar-refractivity contribution in [3.8, 4) is 11.3 Å². The zero-order valence-electron chi connectivity index (χ0n) is 16.4. The third kappa shape index (κ3) is 4.12. The van der Waals surface area contributed by atoms with Crippen molar-refractivity contribution in [3.63, 3.8) is 0 Å². The molecule has 4 rings (SSSR count). The molecular weight excluding hydrogens is 384 g/mol. The van der Waals surface area contributed by atoms with Gasteiger partial charge in [-0.2, -0.15) is 9.61 Å². The van der Waals surface area contributed by atoms with E-state index in [2.05, 4.69) is 37.7 Å². The van der Waals surface area contributed by atoms with Crippen LogP contribution in [0.3, 0.4) is 0 Å². The van der Waals surface area contributed by atoms with E-state index in [1.165, 1.54) is 17.3 Å². The number of anilines is 1. The van der Waals surface area contributed by atoms with E-state index in [0.29, 0.717) is 10.8 Å². The van der Waals surface area contributed by atoms with Crippen LogP contribution < -0.4 is 5.32 Å². The molecule has 146 valence electrons. The summed E-state index contributed by atoms with van der Waals surface area (Å²) in [5.41, 5.74) is 6.53. The number of hydrogen-bond donors (Lipinski definition) is 1. The number of benzene rings is 1. The number of thioether (sulfide) groups is 1. The third-order valence-corrected chi connectivity index (χ3v) is 5.40. The van der Waals surface area contributed by atoms with Crippen molar-refractivity contribution in [1.29, 1.82) is 0 Å². The van der Waals surface area contributed by atoms with E-state index in [-0.39, 0.29) is 11.7 Å². The highest BCUT2D eigenvalue weighted by Crippen LogP contribution is 2.23. The van der Waals surface area contributed by atoms with Gasteiger partial charge in [0.25, 0.3) is 0 Å². The smallest absolute Gasteiger partial charge is 0.234 e. The molecule has 29 heavy (non-hydrogen) atoms. The number of aromatic nitrogens is 5. The monoisotopic (exact) mass is 404 g/mol. The molecule has 0 fully saturated rings.